The Bertz CT molecular complexity index is 766. The van der Waals surface area contributed by atoms with Gasteiger partial charge < -0.3 is 15.1 Å². The van der Waals surface area contributed by atoms with E-state index in [1.54, 1.807) is 12.5 Å². The van der Waals surface area contributed by atoms with Crippen molar-refractivity contribution in [3.63, 3.8) is 0 Å². The third-order valence-electron chi connectivity index (χ3n) is 4.17. The predicted molar refractivity (Wildman–Crippen MR) is 108 cm³/mol. The first kappa shape index (κ1) is 18.8. The summed E-state index contributed by atoms with van der Waals surface area (Å²) < 4.78 is 7.32. The Hall–Kier alpha value is -3.02. The lowest BCUT2D eigenvalue weighted by atomic mass is 10.1. The van der Waals surface area contributed by atoms with Crippen molar-refractivity contribution < 1.29 is 4.42 Å². The zero-order chi connectivity index (χ0) is 18.6. The van der Waals surface area contributed by atoms with Gasteiger partial charge in [-0.15, -0.1) is 0 Å². The van der Waals surface area contributed by atoms with Crippen LogP contribution < -0.4 is 10.6 Å². The van der Waals surface area contributed by atoms with Crippen molar-refractivity contribution in [2.45, 2.75) is 25.8 Å². The molecule has 0 aliphatic carbocycles. The van der Waals surface area contributed by atoms with E-state index in [0.29, 0.717) is 0 Å². The molecule has 0 radical (unpaired) electrons. The smallest absolute Gasteiger partial charge is 0.191 e. The van der Waals surface area contributed by atoms with Gasteiger partial charge in [0.25, 0.3) is 0 Å². The highest BCUT2D eigenvalue weighted by molar-refractivity contribution is 5.79. The van der Waals surface area contributed by atoms with Crippen LogP contribution in [0.1, 0.15) is 17.7 Å². The number of benzene rings is 1. The van der Waals surface area contributed by atoms with Gasteiger partial charge in [0, 0.05) is 45.0 Å². The number of nitrogens with one attached hydrogen (secondary N) is 2. The van der Waals surface area contributed by atoms with Crippen molar-refractivity contribution in [1.82, 2.24) is 20.4 Å². The number of aryl methyl sites for hydroxylation is 1. The van der Waals surface area contributed by atoms with Crippen LogP contribution in [-0.2, 0) is 19.4 Å². The SMILES string of the molecule is c1ccc(CCNC(=NCCCn2cccn2)NCCc2ccco2)cc1. The summed E-state index contributed by atoms with van der Waals surface area (Å²) in [6.45, 7) is 3.25. The molecule has 27 heavy (non-hydrogen) atoms. The minimum Gasteiger partial charge on any atom is -0.469 e. The number of aliphatic imine (C=N–C) groups is 1. The molecule has 1 aromatic carbocycles. The van der Waals surface area contributed by atoms with Gasteiger partial charge >= 0.3 is 0 Å². The molecule has 6 heteroatoms. The second-order valence-electron chi connectivity index (χ2n) is 6.27. The van der Waals surface area contributed by atoms with Crippen LogP contribution in [-0.4, -0.2) is 35.4 Å². The molecule has 0 saturated heterocycles. The molecule has 0 bridgehead atoms. The molecule has 0 atom stereocenters. The van der Waals surface area contributed by atoms with Gasteiger partial charge in [0.1, 0.15) is 5.76 Å². The van der Waals surface area contributed by atoms with Crippen LogP contribution in [0.25, 0.3) is 0 Å². The Kier molecular flexibility index (Phi) is 7.54. The molecule has 0 aliphatic rings. The normalized spacial score (nSPS) is 11.5. The van der Waals surface area contributed by atoms with E-state index in [0.717, 1.165) is 57.2 Å². The van der Waals surface area contributed by atoms with Gasteiger partial charge in [-0.3, -0.25) is 9.67 Å². The second kappa shape index (κ2) is 10.9. The molecule has 142 valence electrons. The lowest BCUT2D eigenvalue weighted by molar-refractivity contribution is 0.506. The molecule has 0 aliphatic heterocycles. The average molecular weight is 365 g/mol. The topological polar surface area (TPSA) is 67.4 Å². The standard InChI is InChI=1S/C21H27N5O/c1-2-7-19(8-3-1)10-14-23-21(24-15-11-20-9-4-18-27-20)22-12-5-16-26-17-6-13-25-26/h1-4,6-9,13,17-18H,5,10-12,14-16H2,(H2,22,23,24). The Morgan fingerprint density at radius 1 is 1.00 bits per heavy atom. The fraction of sp³-hybridized carbons (Fsp3) is 0.333. The summed E-state index contributed by atoms with van der Waals surface area (Å²) in [7, 11) is 0. The predicted octanol–water partition coefficient (Wildman–Crippen LogP) is 2.89. The molecule has 0 spiro atoms. The van der Waals surface area contributed by atoms with Crippen LogP contribution in [0.2, 0.25) is 0 Å². The quantitative estimate of drug-likeness (QED) is 0.329. The van der Waals surface area contributed by atoms with Crippen LogP contribution in [0.4, 0.5) is 0 Å². The fourth-order valence-corrected chi connectivity index (χ4v) is 2.76. The number of guanidine groups is 1. The van der Waals surface area contributed by atoms with E-state index in [-0.39, 0.29) is 0 Å². The summed E-state index contributed by atoms with van der Waals surface area (Å²) in [6.07, 6.45) is 8.23. The number of hydrogen-bond acceptors (Lipinski definition) is 3. The molecule has 3 aromatic rings. The maximum Gasteiger partial charge on any atom is 0.191 e. The highest BCUT2D eigenvalue weighted by Gasteiger charge is 2.01. The Balaban J connectivity index is 1.44. The molecule has 3 rings (SSSR count). The highest BCUT2D eigenvalue weighted by atomic mass is 16.3. The molecule has 0 fully saturated rings. The van der Waals surface area contributed by atoms with Crippen LogP contribution in [0.15, 0.2) is 76.6 Å². The van der Waals surface area contributed by atoms with Crippen molar-refractivity contribution in [2.75, 3.05) is 19.6 Å². The minimum atomic E-state index is 0.751. The van der Waals surface area contributed by atoms with E-state index in [1.807, 2.05) is 35.1 Å². The molecule has 0 saturated carbocycles. The van der Waals surface area contributed by atoms with Crippen LogP contribution in [0.3, 0.4) is 0 Å². The van der Waals surface area contributed by atoms with E-state index in [1.165, 1.54) is 5.56 Å². The molecule has 6 nitrogen and oxygen atoms in total. The zero-order valence-corrected chi connectivity index (χ0v) is 15.6. The molecule has 2 N–H and O–H groups in total. The molecular weight excluding hydrogens is 338 g/mol. The van der Waals surface area contributed by atoms with Crippen molar-refractivity contribution in [1.29, 1.82) is 0 Å². The van der Waals surface area contributed by atoms with E-state index < -0.39 is 0 Å². The Morgan fingerprint density at radius 3 is 2.59 bits per heavy atom. The zero-order valence-electron chi connectivity index (χ0n) is 15.6. The molecule has 0 amide bonds. The molecule has 0 unspecified atom stereocenters. The number of hydrogen-bond donors (Lipinski definition) is 2. The maximum atomic E-state index is 5.38. The summed E-state index contributed by atoms with van der Waals surface area (Å²) in [6, 6.07) is 16.3. The first-order chi connectivity index (χ1) is 13.4. The lowest BCUT2D eigenvalue weighted by Crippen LogP contribution is -2.39. The first-order valence-corrected chi connectivity index (χ1v) is 9.46. The number of aromatic nitrogens is 2. The highest BCUT2D eigenvalue weighted by Crippen LogP contribution is 2.00. The summed E-state index contributed by atoms with van der Waals surface area (Å²) in [5, 5.41) is 11.0. The van der Waals surface area contributed by atoms with E-state index >= 15 is 0 Å². The average Bonchev–Trinajstić information content (AvgIpc) is 3.40. The van der Waals surface area contributed by atoms with E-state index in [9.17, 15) is 0 Å². The fourth-order valence-electron chi connectivity index (χ4n) is 2.76. The summed E-state index contributed by atoms with van der Waals surface area (Å²) in [4.78, 5) is 4.70. The van der Waals surface area contributed by atoms with Gasteiger partial charge in [-0.2, -0.15) is 5.10 Å². The minimum absolute atomic E-state index is 0.751. The molecule has 2 heterocycles. The van der Waals surface area contributed by atoms with Crippen molar-refractivity contribution in [2.24, 2.45) is 4.99 Å². The van der Waals surface area contributed by atoms with Gasteiger partial charge in [-0.05, 0) is 36.6 Å². The summed E-state index contributed by atoms with van der Waals surface area (Å²) >= 11 is 0. The van der Waals surface area contributed by atoms with Crippen LogP contribution in [0, 0.1) is 0 Å². The number of rotatable bonds is 10. The number of nitrogens with zero attached hydrogens (tertiary/aromatic N) is 3. The number of furan rings is 1. The Labute approximate surface area is 160 Å². The van der Waals surface area contributed by atoms with Gasteiger partial charge in [0.05, 0.1) is 6.26 Å². The van der Waals surface area contributed by atoms with Crippen molar-refractivity contribution in [3.05, 3.63) is 78.5 Å². The van der Waals surface area contributed by atoms with Crippen LogP contribution >= 0.6 is 0 Å². The van der Waals surface area contributed by atoms with Gasteiger partial charge in [0.2, 0.25) is 0 Å². The first-order valence-electron chi connectivity index (χ1n) is 9.46. The van der Waals surface area contributed by atoms with Gasteiger partial charge in [-0.25, -0.2) is 0 Å². The summed E-state index contributed by atoms with van der Waals surface area (Å²) in [5.41, 5.74) is 1.32. The van der Waals surface area contributed by atoms with Gasteiger partial charge in [0.15, 0.2) is 5.96 Å². The monoisotopic (exact) mass is 365 g/mol. The van der Waals surface area contributed by atoms with Gasteiger partial charge in [-0.1, -0.05) is 30.3 Å². The molecular formula is C21H27N5O. The Morgan fingerprint density at radius 2 is 1.85 bits per heavy atom. The molecule has 2 aromatic heterocycles. The van der Waals surface area contributed by atoms with Crippen LogP contribution in [0.5, 0.6) is 0 Å². The maximum absolute atomic E-state index is 5.38. The third kappa shape index (κ3) is 7.01. The summed E-state index contributed by atoms with van der Waals surface area (Å²) in [5.74, 6) is 1.82. The van der Waals surface area contributed by atoms with E-state index in [4.69, 9.17) is 9.41 Å². The second-order valence-corrected chi connectivity index (χ2v) is 6.27. The van der Waals surface area contributed by atoms with E-state index in [2.05, 4.69) is 40.0 Å². The third-order valence-corrected chi connectivity index (χ3v) is 4.17. The largest absolute Gasteiger partial charge is 0.469 e. The van der Waals surface area contributed by atoms with Crippen molar-refractivity contribution >= 4 is 5.96 Å². The van der Waals surface area contributed by atoms with Crippen molar-refractivity contribution in [3.8, 4) is 0 Å². The lowest BCUT2D eigenvalue weighted by Gasteiger charge is -2.12.